The van der Waals surface area contributed by atoms with E-state index in [2.05, 4.69) is 26.0 Å². The first-order valence-corrected chi connectivity index (χ1v) is 5.12. The summed E-state index contributed by atoms with van der Waals surface area (Å²) in [6.07, 6.45) is 1.57. The molecule has 0 N–H and O–H groups in total. The van der Waals surface area contributed by atoms with Gasteiger partial charge in [-0.05, 0) is 12.1 Å². The predicted molar refractivity (Wildman–Crippen MR) is 60.4 cm³/mol. The lowest BCUT2D eigenvalue weighted by Gasteiger charge is -2.00. The number of halogens is 1. The summed E-state index contributed by atoms with van der Waals surface area (Å²) in [4.78, 5) is 15.2. The van der Waals surface area contributed by atoms with Gasteiger partial charge in [-0.25, -0.2) is 9.48 Å². The van der Waals surface area contributed by atoms with E-state index in [-0.39, 0.29) is 5.69 Å². The number of aryl methyl sites for hydroxylation is 1. The predicted octanol–water partition coefficient (Wildman–Crippen LogP) is 1.60. The molecule has 0 aliphatic carbocycles. The lowest BCUT2D eigenvalue weighted by Crippen LogP contribution is -2.22. The fourth-order valence-electron chi connectivity index (χ4n) is 1.15. The zero-order valence-corrected chi connectivity index (χ0v) is 9.60. The highest BCUT2D eigenvalue weighted by Gasteiger charge is 2.01. The normalized spacial score (nSPS) is 10.3. The fraction of sp³-hybridized carbons (Fsp3) is 0.100. The Bertz CT molecular complexity index is 533. The Morgan fingerprint density at radius 1 is 1.27 bits per heavy atom. The van der Waals surface area contributed by atoms with Gasteiger partial charge in [0.15, 0.2) is 0 Å². The van der Waals surface area contributed by atoms with Gasteiger partial charge in [-0.1, -0.05) is 28.1 Å². The van der Waals surface area contributed by atoms with Crippen LogP contribution < -0.4 is 5.69 Å². The zero-order chi connectivity index (χ0) is 10.8. The van der Waals surface area contributed by atoms with Crippen LogP contribution in [0.2, 0.25) is 0 Å². The van der Waals surface area contributed by atoms with Gasteiger partial charge in [0.1, 0.15) is 0 Å². The monoisotopic (exact) mass is 265 g/mol. The summed E-state index contributed by atoms with van der Waals surface area (Å²) < 4.78 is 2.19. The first kappa shape index (κ1) is 10.0. The highest BCUT2D eigenvalue weighted by Crippen LogP contribution is 2.17. The van der Waals surface area contributed by atoms with Crippen LogP contribution in [0.1, 0.15) is 0 Å². The number of aromatic nitrogens is 3. The van der Waals surface area contributed by atoms with Crippen LogP contribution >= 0.6 is 15.9 Å². The first-order chi connectivity index (χ1) is 7.16. The molecule has 0 bridgehead atoms. The van der Waals surface area contributed by atoms with Gasteiger partial charge in [0.2, 0.25) is 0 Å². The van der Waals surface area contributed by atoms with Gasteiger partial charge in [0.25, 0.3) is 0 Å². The van der Waals surface area contributed by atoms with Crippen molar-refractivity contribution < 1.29 is 0 Å². The Morgan fingerprint density at radius 3 is 2.53 bits per heavy atom. The van der Waals surface area contributed by atoms with Crippen LogP contribution in [0.15, 0.2) is 39.7 Å². The largest absolute Gasteiger partial charge is 0.364 e. The van der Waals surface area contributed by atoms with Crippen molar-refractivity contribution in [3.63, 3.8) is 0 Å². The molecule has 0 fully saturated rings. The molecule has 1 heterocycles. The Labute approximate surface area is 94.7 Å². The topological polar surface area (TPSA) is 47.8 Å². The molecule has 1 aromatic carbocycles. The molecule has 5 heteroatoms. The Kier molecular flexibility index (Phi) is 2.64. The van der Waals surface area contributed by atoms with Crippen LogP contribution in [0.5, 0.6) is 0 Å². The summed E-state index contributed by atoms with van der Waals surface area (Å²) >= 11 is 3.34. The Hall–Kier alpha value is -1.49. The van der Waals surface area contributed by atoms with Crippen LogP contribution in [0.25, 0.3) is 11.3 Å². The van der Waals surface area contributed by atoms with E-state index >= 15 is 0 Å². The lowest BCUT2D eigenvalue weighted by atomic mass is 10.2. The van der Waals surface area contributed by atoms with Gasteiger partial charge in [-0.3, -0.25) is 0 Å². The summed E-state index contributed by atoms with van der Waals surface area (Å²) in [5.41, 5.74) is 1.12. The molecule has 4 nitrogen and oxygen atoms in total. The molecular weight excluding hydrogens is 258 g/mol. The van der Waals surface area contributed by atoms with E-state index in [1.165, 1.54) is 4.68 Å². The van der Waals surface area contributed by atoms with Gasteiger partial charge in [-0.2, -0.15) is 10.1 Å². The van der Waals surface area contributed by atoms with Crippen molar-refractivity contribution in [1.82, 2.24) is 14.8 Å². The summed E-state index contributed by atoms with van der Waals surface area (Å²) in [6, 6.07) is 7.56. The molecule has 0 saturated heterocycles. The van der Waals surface area contributed by atoms with Gasteiger partial charge < -0.3 is 0 Å². The lowest BCUT2D eigenvalue weighted by molar-refractivity contribution is 0.676. The minimum atomic E-state index is -0.351. The van der Waals surface area contributed by atoms with Crippen molar-refractivity contribution in [2.24, 2.45) is 7.05 Å². The van der Waals surface area contributed by atoms with E-state index in [0.29, 0.717) is 5.69 Å². The molecule has 76 valence electrons. The maximum atomic E-state index is 11.3. The Balaban J connectivity index is 2.50. The first-order valence-electron chi connectivity index (χ1n) is 4.33. The van der Waals surface area contributed by atoms with E-state index in [1.807, 2.05) is 24.3 Å². The van der Waals surface area contributed by atoms with Crippen molar-refractivity contribution >= 4 is 15.9 Å². The highest BCUT2D eigenvalue weighted by molar-refractivity contribution is 9.10. The van der Waals surface area contributed by atoms with Crippen LogP contribution in [0.4, 0.5) is 0 Å². The highest BCUT2D eigenvalue weighted by atomic mass is 79.9. The standard InChI is InChI=1S/C10H8BrN3O/c1-14-10(15)13-9(6-12-14)7-2-4-8(11)5-3-7/h2-6H,1H3. The molecule has 0 spiro atoms. The molecular formula is C10H8BrN3O. The van der Waals surface area contributed by atoms with Crippen molar-refractivity contribution in [3.05, 3.63) is 45.4 Å². The average molecular weight is 266 g/mol. The van der Waals surface area contributed by atoms with Crippen LogP contribution in [-0.2, 0) is 7.05 Å². The zero-order valence-electron chi connectivity index (χ0n) is 8.01. The van der Waals surface area contributed by atoms with Crippen LogP contribution in [0, 0.1) is 0 Å². The molecule has 15 heavy (non-hydrogen) atoms. The third-order valence-electron chi connectivity index (χ3n) is 1.99. The van der Waals surface area contributed by atoms with Crippen molar-refractivity contribution in [3.8, 4) is 11.3 Å². The van der Waals surface area contributed by atoms with Crippen molar-refractivity contribution in [2.75, 3.05) is 0 Å². The van der Waals surface area contributed by atoms with Gasteiger partial charge in [0, 0.05) is 17.1 Å². The molecule has 0 radical (unpaired) electrons. The maximum absolute atomic E-state index is 11.3. The van der Waals surface area contributed by atoms with E-state index < -0.39 is 0 Å². The van der Waals surface area contributed by atoms with E-state index in [9.17, 15) is 4.79 Å². The molecule has 0 atom stereocenters. The molecule has 1 aromatic heterocycles. The smallest absolute Gasteiger partial charge is 0.244 e. The van der Waals surface area contributed by atoms with Crippen molar-refractivity contribution in [1.29, 1.82) is 0 Å². The van der Waals surface area contributed by atoms with Gasteiger partial charge in [-0.15, -0.1) is 0 Å². The molecule has 0 unspecified atom stereocenters. The average Bonchev–Trinajstić information content (AvgIpc) is 2.23. The summed E-state index contributed by atoms with van der Waals surface area (Å²) in [5, 5.41) is 3.91. The summed E-state index contributed by atoms with van der Waals surface area (Å²) in [5.74, 6) is 0. The second-order valence-corrected chi connectivity index (χ2v) is 3.97. The number of benzene rings is 1. The third-order valence-corrected chi connectivity index (χ3v) is 2.51. The van der Waals surface area contributed by atoms with Gasteiger partial charge >= 0.3 is 5.69 Å². The molecule has 0 aliphatic heterocycles. The molecule has 0 amide bonds. The van der Waals surface area contributed by atoms with E-state index in [0.717, 1.165) is 10.0 Å². The number of hydrogen-bond acceptors (Lipinski definition) is 3. The number of nitrogens with zero attached hydrogens (tertiary/aromatic N) is 3. The fourth-order valence-corrected chi connectivity index (χ4v) is 1.42. The maximum Gasteiger partial charge on any atom is 0.364 e. The molecule has 0 aliphatic rings. The van der Waals surface area contributed by atoms with Gasteiger partial charge in [0.05, 0.1) is 11.9 Å². The molecule has 0 saturated carbocycles. The van der Waals surface area contributed by atoms with Crippen LogP contribution in [-0.4, -0.2) is 14.8 Å². The molecule has 2 aromatic rings. The van der Waals surface area contributed by atoms with Crippen LogP contribution in [0.3, 0.4) is 0 Å². The minimum Gasteiger partial charge on any atom is -0.244 e. The van der Waals surface area contributed by atoms with E-state index in [4.69, 9.17) is 0 Å². The summed E-state index contributed by atoms with van der Waals surface area (Å²) in [7, 11) is 1.57. The third kappa shape index (κ3) is 2.12. The number of hydrogen-bond donors (Lipinski definition) is 0. The van der Waals surface area contributed by atoms with Crippen molar-refractivity contribution in [2.45, 2.75) is 0 Å². The Morgan fingerprint density at radius 2 is 1.93 bits per heavy atom. The second-order valence-electron chi connectivity index (χ2n) is 3.05. The number of rotatable bonds is 1. The SMILES string of the molecule is Cn1ncc(-c2ccc(Br)cc2)nc1=O. The summed E-state index contributed by atoms with van der Waals surface area (Å²) in [6.45, 7) is 0. The molecule has 2 rings (SSSR count). The minimum absolute atomic E-state index is 0.351. The second kappa shape index (κ2) is 3.94. The quantitative estimate of drug-likeness (QED) is 0.787. The van der Waals surface area contributed by atoms with E-state index in [1.54, 1.807) is 13.2 Å².